The smallest absolute Gasteiger partial charge is 0.0852 e. The van der Waals surface area contributed by atoms with Crippen LogP contribution in [0, 0.1) is 0 Å². The van der Waals surface area contributed by atoms with E-state index in [0.717, 1.165) is 10.9 Å². The highest BCUT2D eigenvalue weighted by Crippen LogP contribution is 2.03. The fourth-order valence-corrected chi connectivity index (χ4v) is 0.959. The third kappa shape index (κ3) is 1.78. The van der Waals surface area contributed by atoms with Crippen LogP contribution < -0.4 is 0 Å². The molecule has 1 aromatic heterocycles. The van der Waals surface area contributed by atoms with Crippen LogP contribution in [0.15, 0.2) is 18.3 Å². The lowest BCUT2D eigenvalue weighted by atomic mass is 10.3. The summed E-state index contributed by atoms with van der Waals surface area (Å²) in [6, 6.07) is 3.75. The lowest BCUT2D eigenvalue weighted by Gasteiger charge is -1.95. The summed E-state index contributed by atoms with van der Waals surface area (Å²) in [4.78, 5) is 3.99. The van der Waals surface area contributed by atoms with E-state index in [1.54, 1.807) is 6.20 Å². The minimum absolute atomic E-state index is 0.0164. The molecule has 0 aliphatic heterocycles. The Morgan fingerprint density at radius 3 is 2.70 bits per heavy atom. The van der Waals surface area contributed by atoms with Crippen LogP contribution in [-0.2, 0) is 11.9 Å². The van der Waals surface area contributed by atoms with Gasteiger partial charge in [-0.1, -0.05) is 22.0 Å². The number of hydrogen-bond donors (Lipinski definition) is 1. The molecule has 0 bridgehead atoms. The van der Waals surface area contributed by atoms with Crippen molar-refractivity contribution in [1.29, 1.82) is 0 Å². The van der Waals surface area contributed by atoms with Crippen molar-refractivity contribution in [2.45, 2.75) is 11.9 Å². The van der Waals surface area contributed by atoms with Crippen molar-refractivity contribution in [2.75, 3.05) is 0 Å². The molecule has 0 unspecified atom stereocenters. The van der Waals surface area contributed by atoms with E-state index < -0.39 is 0 Å². The zero-order valence-electron chi connectivity index (χ0n) is 5.42. The van der Waals surface area contributed by atoms with E-state index in [1.165, 1.54) is 0 Å². The molecule has 1 heterocycles. The number of aliphatic hydroxyl groups is 1. The van der Waals surface area contributed by atoms with Crippen molar-refractivity contribution < 1.29 is 5.11 Å². The Kier molecular flexibility index (Phi) is 2.83. The molecule has 3 heteroatoms. The van der Waals surface area contributed by atoms with E-state index >= 15 is 0 Å². The zero-order chi connectivity index (χ0) is 7.40. The number of aromatic nitrogens is 1. The average molecular weight is 202 g/mol. The maximum absolute atomic E-state index is 8.63. The van der Waals surface area contributed by atoms with E-state index in [0.29, 0.717) is 5.69 Å². The maximum Gasteiger partial charge on any atom is 0.0852 e. The molecule has 0 saturated heterocycles. The molecule has 10 heavy (non-hydrogen) atoms. The van der Waals surface area contributed by atoms with Gasteiger partial charge in [-0.15, -0.1) is 0 Å². The van der Waals surface area contributed by atoms with Crippen molar-refractivity contribution >= 4 is 15.9 Å². The number of hydrogen-bond acceptors (Lipinski definition) is 2. The quantitative estimate of drug-likeness (QED) is 0.736. The molecule has 0 aromatic carbocycles. The third-order valence-electron chi connectivity index (χ3n) is 1.20. The van der Waals surface area contributed by atoms with Gasteiger partial charge in [0.25, 0.3) is 0 Å². The van der Waals surface area contributed by atoms with Gasteiger partial charge < -0.3 is 5.11 Å². The molecule has 0 atom stereocenters. The van der Waals surface area contributed by atoms with Gasteiger partial charge in [-0.25, -0.2) is 0 Å². The Morgan fingerprint density at radius 1 is 1.50 bits per heavy atom. The van der Waals surface area contributed by atoms with Gasteiger partial charge in [0.15, 0.2) is 0 Å². The molecule has 0 aliphatic carbocycles. The van der Waals surface area contributed by atoms with E-state index in [-0.39, 0.29) is 6.61 Å². The van der Waals surface area contributed by atoms with Crippen LogP contribution >= 0.6 is 15.9 Å². The van der Waals surface area contributed by atoms with Gasteiger partial charge in [0.1, 0.15) is 0 Å². The van der Waals surface area contributed by atoms with Crippen LogP contribution in [0.1, 0.15) is 11.3 Å². The molecule has 0 fully saturated rings. The summed E-state index contributed by atoms with van der Waals surface area (Å²) in [7, 11) is 0. The van der Waals surface area contributed by atoms with E-state index in [9.17, 15) is 0 Å². The topological polar surface area (TPSA) is 33.1 Å². The first-order valence-electron chi connectivity index (χ1n) is 2.97. The summed E-state index contributed by atoms with van der Waals surface area (Å²) in [6.45, 7) is 0.0164. The number of aliphatic hydroxyl groups excluding tert-OH is 1. The number of nitrogens with zero attached hydrogens (tertiary/aromatic N) is 1. The van der Waals surface area contributed by atoms with Crippen molar-refractivity contribution in [3.63, 3.8) is 0 Å². The summed E-state index contributed by atoms with van der Waals surface area (Å²) in [5.74, 6) is 0. The first kappa shape index (κ1) is 7.69. The molecular weight excluding hydrogens is 194 g/mol. The Hall–Kier alpha value is -0.410. The highest BCUT2D eigenvalue weighted by Gasteiger charge is 1.91. The SMILES string of the molecule is OCc1ccc(CBr)cn1. The predicted molar refractivity (Wildman–Crippen MR) is 42.8 cm³/mol. The number of alkyl halides is 1. The van der Waals surface area contributed by atoms with Gasteiger partial charge in [0.05, 0.1) is 12.3 Å². The summed E-state index contributed by atoms with van der Waals surface area (Å²) in [5, 5.41) is 9.44. The summed E-state index contributed by atoms with van der Waals surface area (Å²) >= 11 is 3.30. The first-order chi connectivity index (χ1) is 4.86. The normalized spacial score (nSPS) is 9.80. The van der Waals surface area contributed by atoms with E-state index in [4.69, 9.17) is 5.11 Å². The highest BCUT2D eigenvalue weighted by atomic mass is 79.9. The molecule has 1 rings (SSSR count). The average Bonchev–Trinajstić information content (AvgIpc) is 2.05. The van der Waals surface area contributed by atoms with E-state index in [1.807, 2.05) is 12.1 Å². The Balaban J connectivity index is 2.80. The Morgan fingerprint density at radius 2 is 2.30 bits per heavy atom. The van der Waals surface area contributed by atoms with Crippen LogP contribution in [0.4, 0.5) is 0 Å². The molecular formula is C7H8BrNO. The van der Waals surface area contributed by atoms with Gasteiger partial charge >= 0.3 is 0 Å². The van der Waals surface area contributed by atoms with Gasteiger partial charge in [0, 0.05) is 11.5 Å². The van der Waals surface area contributed by atoms with E-state index in [2.05, 4.69) is 20.9 Å². The fourth-order valence-electron chi connectivity index (χ4n) is 0.628. The second-order valence-corrected chi connectivity index (χ2v) is 2.51. The number of pyridine rings is 1. The number of halogens is 1. The van der Waals surface area contributed by atoms with Crippen LogP contribution in [0.3, 0.4) is 0 Å². The highest BCUT2D eigenvalue weighted by molar-refractivity contribution is 9.08. The zero-order valence-corrected chi connectivity index (χ0v) is 7.00. The minimum atomic E-state index is 0.0164. The second-order valence-electron chi connectivity index (χ2n) is 1.95. The van der Waals surface area contributed by atoms with Gasteiger partial charge in [-0.2, -0.15) is 0 Å². The standard InChI is InChI=1S/C7H8BrNO/c8-3-6-1-2-7(5-10)9-4-6/h1-2,4,10H,3,5H2. The van der Waals surface area contributed by atoms with Crippen molar-refractivity contribution in [1.82, 2.24) is 4.98 Å². The fraction of sp³-hybridized carbons (Fsp3) is 0.286. The summed E-state index contributed by atoms with van der Waals surface area (Å²) in [5.41, 5.74) is 1.84. The second kappa shape index (κ2) is 3.68. The third-order valence-corrected chi connectivity index (χ3v) is 1.85. The number of rotatable bonds is 2. The molecule has 0 radical (unpaired) electrons. The van der Waals surface area contributed by atoms with Crippen molar-refractivity contribution in [3.05, 3.63) is 29.6 Å². The van der Waals surface area contributed by atoms with Crippen LogP contribution in [0.5, 0.6) is 0 Å². The van der Waals surface area contributed by atoms with Gasteiger partial charge in [0.2, 0.25) is 0 Å². The van der Waals surface area contributed by atoms with Crippen molar-refractivity contribution in [3.8, 4) is 0 Å². The van der Waals surface area contributed by atoms with Gasteiger partial charge in [-0.05, 0) is 11.6 Å². The minimum Gasteiger partial charge on any atom is -0.390 e. The molecule has 0 amide bonds. The van der Waals surface area contributed by atoms with Crippen LogP contribution in [0.25, 0.3) is 0 Å². The Labute approximate surface area is 68.0 Å². The molecule has 1 N–H and O–H groups in total. The lowest BCUT2D eigenvalue weighted by Crippen LogP contribution is -1.88. The molecule has 1 aromatic rings. The first-order valence-corrected chi connectivity index (χ1v) is 4.09. The molecule has 54 valence electrons. The molecule has 0 saturated carbocycles. The predicted octanol–water partition coefficient (Wildman–Crippen LogP) is 1.47. The molecule has 0 aliphatic rings. The lowest BCUT2D eigenvalue weighted by molar-refractivity contribution is 0.277. The monoisotopic (exact) mass is 201 g/mol. The van der Waals surface area contributed by atoms with Crippen LogP contribution in [0.2, 0.25) is 0 Å². The summed E-state index contributed by atoms with van der Waals surface area (Å²) < 4.78 is 0. The maximum atomic E-state index is 8.63. The largest absolute Gasteiger partial charge is 0.390 e. The Bertz CT molecular complexity index is 174. The molecule has 0 spiro atoms. The van der Waals surface area contributed by atoms with Crippen molar-refractivity contribution in [2.24, 2.45) is 0 Å². The molecule has 2 nitrogen and oxygen atoms in total. The van der Waals surface area contributed by atoms with Crippen LogP contribution in [-0.4, -0.2) is 10.1 Å². The van der Waals surface area contributed by atoms with Gasteiger partial charge in [-0.3, -0.25) is 4.98 Å². The summed E-state index contributed by atoms with van der Waals surface area (Å²) in [6.07, 6.45) is 1.75.